The molecule has 0 spiro atoms. The first-order valence-electron chi connectivity index (χ1n) is 6.82. The minimum Gasteiger partial charge on any atom is -0.382 e. The van der Waals surface area contributed by atoms with Crippen molar-refractivity contribution in [3.05, 3.63) is 35.7 Å². The largest absolute Gasteiger partial charge is 0.382 e. The number of anilines is 1. The highest BCUT2D eigenvalue weighted by atomic mass is 16.5. The molecule has 6 nitrogen and oxygen atoms in total. The molecular weight excluding hydrogens is 268 g/mol. The van der Waals surface area contributed by atoms with E-state index < -0.39 is 5.91 Å². The van der Waals surface area contributed by atoms with Crippen LogP contribution in [0, 0.1) is 18.3 Å². The fraction of sp³-hybridized carbons (Fsp3) is 0.400. The van der Waals surface area contributed by atoms with E-state index in [1.54, 1.807) is 12.3 Å². The van der Waals surface area contributed by atoms with Crippen LogP contribution in [0.15, 0.2) is 30.1 Å². The molecule has 0 aliphatic heterocycles. The van der Waals surface area contributed by atoms with Gasteiger partial charge in [0, 0.05) is 32.2 Å². The van der Waals surface area contributed by atoms with E-state index in [-0.39, 0.29) is 5.57 Å². The van der Waals surface area contributed by atoms with Crippen molar-refractivity contribution in [1.82, 2.24) is 10.3 Å². The highest BCUT2D eigenvalue weighted by molar-refractivity contribution is 5.97. The second kappa shape index (κ2) is 9.50. The van der Waals surface area contributed by atoms with Crippen LogP contribution in [-0.2, 0) is 9.53 Å². The molecule has 1 heterocycles. The number of nitrogens with zero attached hydrogens (tertiary/aromatic N) is 2. The second-order valence-corrected chi connectivity index (χ2v) is 4.34. The molecule has 0 unspecified atom stereocenters. The lowest BCUT2D eigenvalue weighted by atomic mass is 10.3. The highest BCUT2D eigenvalue weighted by Gasteiger charge is 2.07. The number of rotatable bonds is 8. The smallest absolute Gasteiger partial charge is 0.263 e. The maximum absolute atomic E-state index is 11.8. The molecule has 1 rings (SSSR count). The monoisotopic (exact) mass is 288 g/mol. The predicted molar refractivity (Wildman–Crippen MR) is 80.4 cm³/mol. The number of ether oxygens (including phenoxy) is 1. The summed E-state index contributed by atoms with van der Waals surface area (Å²) in [6.45, 7) is 5.57. The summed E-state index contributed by atoms with van der Waals surface area (Å²) >= 11 is 0. The Morgan fingerprint density at radius 3 is 2.95 bits per heavy atom. The molecule has 0 saturated heterocycles. The number of amides is 1. The Morgan fingerprint density at radius 2 is 2.33 bits per heavy atom. The van der Waals surface area contributed by atoms with E-state index in [4.69, 9.17) is 10.00 Å². The molecule has 21 heavy (non-hydrogen) atoms. The first-order valence-corrected chi connectivity index (χ1v) is 6.82. The Morgan fingerprint density at radius 1 is 1.52 bits per heavy atom. The summed E-state index contributed by atoms with van der Waals surface area (Å²) in [6, 6.07) is 5.53. The van der Waals surface area contributed by atoms with Crippen molar-refractivity contribution in [3.63, 3.8) is 0 Å². The maximum Gasteiger partial charge on any atom is 0.263 e. The molecular formula is C15H20N4O2. The van der Waals surface area contributed by atoms with Gasteiger partial charge in [-0.05, 0) is 31.9 Å². The van der Waals surface area contributed by atoms with Crippen LogP contribution >= 0.6 is 0 Å². The summed E-state index contributed by atoms with van der Waals surface area (Å²) in [7, 11) is 0. The SMILES string of the molecule is CCOCCCNC(=O)/C(C#N)=C\Nc1ccc(C)cn1. The molecule has 2 N–H and O–H groups in total. The molecule has 0 radical (unpaired) electrons. The summed E-state index contributed by atoms with van der Waals surface area (Å²) in [5.41, 5.74) is 1.05. The number of carbonyl (C=O) groups excluding carboxylic acids is 1. The first-order chi connectivity index (χ1) is 10.2. The van der Waals surface area contributed by atoms with Crippen LogP contribution in [0.25, 0.3) is 0 Å². The zero-order valence-electron chi connectivity index (χ0n) is 12.3. The second-order valence-electron chi connectivity index (χ2n) is 4.34. The van der Waals surface area contributed by atoms with Crippen LogP contribution in [-0.4, -0.2) is 30.6 Å². The van der Waals surface area contributed by atoms with E-state index in [1.807, 2.05) is 26.0 Å². The number of nitrogens with one attached hydrogen (secondary N) is 2. The zero-order chi connectivity index (χ0) is 15.5. The molecule has 6 heteroatoms. The lowest BCUT2D eigenvalue weighted by Crippen LogP contribution is -2.26. The van der Waals surface area contributed by atoms with E-state index in [9.17, 15) is 4.79 Å². The van der Waals surface area contributed by atoms with E-state index >= 15 is 0 Å². The minimum atomic E-state index is -0.409. The van der Waals surface area contributed by atoms with Crippen molar-refractivity contribution in [2.24, 2.45) is 0 Å². The normalized spacial score (nSPS) is 10.8. The van der Waals surface area contributed by atoms with Gasteiger partial charge in [-0.15, -0.1) is 0 Å². The Kier molecular flexibility index (Phi) is 7.54. The molecule has 0 saturated carbocycles. The van der Waals surface area contributed by atoms with E-state index in [1.165, 1.54) is 6.20 Å². The molecule has 1 aromatic rings. The van der Waals surface area contributed by atoms with Crippen molar-refractivity contribution in [1.29, 1.82) is 5.26 Å². The molecule has 0 aliphatic carbocycles. The van der Waals surface area contributed by atoms with Crippen LogP contribution in [0.3, 0.4) is 0 Å². The minimum absolute atomic E-state index is 0.00813. The molecule has 0 atom stereocenters. The van der Waals surface area contributed by atoms with Crippen molar-refractivity contribution in [3.8, 4) is 6.07 Å². The molecule has 1 amide bonds. The van der Waals surface area contributed by atoms with Crippen molar-refractivity contribution < 1.29 is 9.53 Å². The summed E-state index contributed by atoms with van der Waals surface area (Å²) in [5, 5.41) is 14.5. The molecule has 0 aromatic carbocycles. The van der Waals surface area contributed by atoms with Crippen LogP contribution in [0.2, 0.25) is 0 Å². The standard InChI is InChI=1S/C15H20N4O2/c1-3-21-8-4-7-17-15(20)13(9-16)11-19-14-6-5-12(2)10-18-14/h5-6,10-11H,3-4,7-8H2,1-2H3,(H,17,20)(H,18,19)/b13-11-. The topological polar surface area (TPSA) is 87.0 Å². The lowest BCUT2D eigenvalue weighted by Gasteiger charge is -2.05. The quantitative estimate of drug-likeness (QED) is 0.432. The predicted octanol–water partition coefficient (Wildman–Crippen LogP) is 1.75. The van der Waals surface area contributed by atoms with Gasteiger partial charge in [0.1, 0.15) is 17.5 Å². The third-order valence-electron chi connectivity index (χ3n) is 2.60. The number of aryl methyl sites for hydroxylation is 1. The van der Waals surface area contributed by atoms with E-state index in [0.717, 1.165) is 5.56 Å². The molecule has 1 aromatic heterocycles. The fourth-order valence-electron chi connectivity index (χ4n) is 1.46. The van der Waals surface area contributed by atoms with Crippen molar-refractivity contribution >= 4 is 11.7 Å². The Hall–Kier alpha value is -2.39. The average molecular weight is 288 g/mol. The zero-order valence-corrected chi connectivity index (χ0v) is 12.3. The molecule has 112 valence electrons. The van der Waals surface area contributed by atoms with Gasteiger partial charge in [0.2, 0.25) is 0 Å². The Labute approximate surface area is 124 Å². The number of hydrogen-bond acceptors (Lipinski definition) is 5. The van der Waals surface area contributed by atoms with Gasteiger partial charge in [0.25, 0.3) is 5.91 Å². The van der Waals surface area contributed by atoms with Crippen LogP contribution in [0.4, 0.5) is 5.82 Å². The number of nitriles is 1. The van der Waals surface area contributed by atoms with Gasteiger partial charge in [-0.25, -0.2) is 4.98 Å². The fourth-order valence-corrected chi connectivity index (χ4v) is 1.46. The first kappa shape index (κ1) is 16.7. The third kappa shape index (κ3) is 6.54. The van der Waals surface area contributed by atoms with Gasteiger partial charge in [-0.3, -0.25) is 4.79 Å². The molecule has 0 bridgehead atoms. The van der Waals surface area contributed by atoms with Gasteiger partial charge in [0.15, 0.2) is 0 Å². The van der Waals surface area contributed by atoms with Gasteiger partial charge in [0.05, 0.1) is 0 Å². The van der Waals surface area contributed by atoms with Gasteiger partial charge < -0.3 is 15.4 Å². The Bertz CT molecular complexity index is 517. The summed E-state index contributed by atoms with van der Waals surface area (Å²) in [4.78, 5) is 15.9. The van der Waals surface area contributed by atoms with E-state index in [0.29, 0.717) is 32.0 Å². The highest BCUT2D eigenvalue weighted by Crippen LogP contribution is 2.04. The van der Waals surface area contributed by atoms with Crippen LogP contribution < -0.4 is 10.6 Å². The Balaban J connectivity index is 2.45. The van der Waals surface area contributed by atoms with Gasteiger partial charge in [-0.2, -0.15) is 5.26 Å². The van der Waals surface area contributed by atoms with Crippen LogP contribution in [0.5, 0.6) is 0 Å². The third-order valence-corrected chi connectivity index (χ3v) is 2.60. The van der Waals surface area contributed by atoms with Gasteiger partial charge >= 0.3 is 0 Å². The summed E-state index contributed by atoms with van der Waals surface area (Å²) < 4.78 is 5.17. The lowest BCUT2D eigenvalue weighted by molar-refractivity contribution is -0.117. The summed E-state index contributed by atoms with van der Waals surface area (Å²) in [5.74, 6) is 0.172. The average Bonchev–Trinajstić information content (AvgIpc) is 2.49. The maximum atomic E-state index is 11.8. The number of pyridine rings is 1. The van der Waals surface area contributed by atoms with E-state index in [2.05, 4.69) is 15.6 Å². The number of carbonyl (C=O) groups is 1. The van der Waals surface area contributed by atoms with Crippen LogP contribution in [0.1, 0.15) is 18.9 Å². The molecule has 0 fully saturated rings. The molecule has 0 aliphatic rings. The van der Waals surface area contributed by atoms with Crippen molar-refractivity contribution in [2.75, 3.05) is 25.1 Å². The summed E-state index contributed by atoms with van der Waals surface area (Å²) in [6.07, 6.45) is 3.77. The van der Waals surface area contributed by atoms with Gasteiger partial charge in [-0.1, -0.05) is 6.07 Å². The number of hydrogen-bond donors (Lipinski definition) is 2. The number of aromatic nitrogens is 1. The van der Waals surface area contributed by atoms with Crippen molar-refractivity contribution in [2.45, 2.75) is 20.3 Å².